The molecule has 0 aromatic carbocycles. The Labute approximate surface area is 89.0 Å². The van der Waals surface area contributed by atoms with Gasteiger partial charge in [-0.05, 0) is 25.7 Å². The van der Waals surface area contributed by atoms with Crippen LogP contribution in [0.5, 0.6) is 0 Å². The fourth-order valence-corrected chi connectivity index (χ4v) is 1.79. The number of carbonyl (C=O) groups excluding carboxylic acids is 2. The topological polar surface area (TPSA) is 49.4 Å². The molecule has 2 amide bonds. The van der Waals surface area contributed by atoms with E-state index in [0.29, 0.717) is 12.5 Å². The highest BCUT2D eigenvalue weighted by Crippen LogP contribution is 2.34. The number of nitrogens with one attached hydrogen (secondary N) is 1. The molecular formula is C11H14N2O2. The second-order valence-electron chi connectivity index (χ2n) is 4.00. The lowest BCUT2D eigenvalue weighted by Crippen LogP contribution is -2.58. The summed E-state index contributed by atoms with van der Waals surface area (Å²) in [5.74, 6) is 5.88. The Morgan fingerprint density at radius 3 is 2.80 bits per heavy atom. The number of nitrogens with zero attached hydrogens (tertiary/aromatic N) is 1. The number of piperazine rings is 1. The molecule has 2 aliphatic rings. The summed E-state index contributed by atoms with van der Waals surface area (Å²) in [6.45, 7) is 2.25. The predicted molar refractivity (Wildman–Crippen MR) is 54.7 cm³/mol. The summed E-state index contributed by atoms with van der Waals surface area (Å²) in [4.78, 5) is 24.8. The molecule has 1 aliphatic carbocycles. The highest BCUT2D eigenvalue weighted by Gasteiger charge is 2.42. The molecule has 4 heteroatoms. The smallest absolute Gasteiger partial charge is 0.246 e. The molecule has 1 atom stereocenters. The van der Waals surface area contributed by atoms with Gasteiger partial charge in [0.25, 0.3) is 0 Å². The summed E-state index contributed by atoms with van der Waals surface area (Å²) in [7, 11) is 0. The minimum atomic E-state index is -0.287. The quantitative estimate of drug-likeness (QED) is 0.633. The molecule has 1 heterocycles. The van der Waals surface area contributed by atoms with Crippen molar-refractivity contribution < 1.29 is 9.59 Å². The first-order chi connectivity index (χ1) is 7.22. The van der Waals surface area contributed by atoms with Gasteiger partial charge in [0.2, 0.25) is 11.8 Å². The predicted octanol–water partition coefficient (Wildman–Crippen LogP) is -0.253. The van der Waals surface area contributed by atoms with Gasteiger partial charge in [-0.15, -0.1) is 5.92 Å². The summed E-state index contributed by atoms with van der Waals surface area (Å²) in [5.41, 5.74) is 0. The van der Waals surface area contributed by atoms with Crippen LogP contribution in [0, 0.1) is 17.8 Å². The molecule has 1 saturated carbocycles. The Morgan fingerprint density at radius 2 is 2.20 bits per heavy atom. The molecule has 2 fully saturated rings. The fourth-order valence-electron chi connectivity index (χ4n) is 1.79. The van der Waals surface area contributed by atoms with Gasteiger partial charge in [0.15, 0.2) is 0 Å². The van der Waals surface area contributed by atoms with E-state index >= 15 is 0 Å². The van der Waals surface area contributed by atoms with Crippen LogP contribution in [0.15, 0.2) is 0 Å². The standard InChI is InChI=1S/C11H14N2O2/c1-2-3-6-13-7-9(14)12-10(11(13)15)8-4-5-8/h8,10H,4-7H2,1H3,(H,12,14). The van der Waals surface area contributed by atoms with Crippen molar-refractivity contribution in [1.29, 1.82) is 0 Å². The Hall–Kier alpha value is -1.50. The van der Waals surface area contributed by atoms with Gasteiger partial charge in [-0.3, -0.25) is 9.59 Å². The van der Waals surface area contributed by atoms with E-state index in [0.717, 1.165) is 12.8 Å². The van der Waals surface area contributed by atoms with E-state index < -0.39 is 0 Å². The van der Waals surface area contributed by atoms with Crippen molar-refractivity contribution in [3.8, 4) is 11.8 Å². The van der Waals surface area contributed by atoms with Crippen molar-refractivity contribution in [3.05, 3.63) is 0 Å². The van der Waals surface area contributed by atoms with Gasteiger partial charge in [-0.2, -0.15) is 0 Å². The first kappa shape index (κ1) is 10.0. The van der Waals surface area contributed by atoms with Crippen LogP contribution in [0.4, 0.5) is 0 Å². The number of carbonyl (C=O) groups is 2. The maximum absolute atomic E-state index is 11.9. The third kappa shape index (κ3) is 2.12. The van der Waals surface area contributed by atoms with Crippen molar-refractivity contribution in [2.24, 2.45) is 5.92 Å². The van der Waals surface area contributed by atoms with E-state index in [2.05, 4.69) is 17.2 Å². The van der Waals surface area contributed by atoms with Gasteiger partial charge in [-0.1, -0.05) is 5.92 Å². The first-order valence-corrected chi connectivity index (χ1v) is 5.20. The molecule has 0 bridgehead atoms. The SMILES string of the molecule is CC#CCN1CC(=O)NC(C2CC2)C1=O. The van der Waals surface area contributed by atoms with Crippen molar-refractivity contribution in [2.75, 3.05) is 13.1 Å². The number of hydrogen-bond acceptors (Lipinski definition) is 2. The minimum Gasteiger partial charge on any atom is -0.342 e. The second kappa shape index (κ2) is 3.93. The van der Waals surface area contributed by atoms with E-state index in [4.69, 9.17) is 0 Å². The average molecular weight is 206 g/mol. The molecule has 0 aromatic heterocycles. The minimum absolute atomic E-state index is 0.0276. The average Bonchev–Trinajstić information content (AvgIpc) is 3.02. The number of amides is 2. The Bertz CT molecular complexity index is 349. The van der Waals surface area contributed by atoms with Crippen LogP contribution in [-0.2, 0) is 9.59 Å². The molecule has 1 N–H and O–H groups in total. The first-order valence-electron chi connectivity index (χ1n) is 5.20. The van der Waals surface area contributed by atoms with Crippen molar-refractivity contribution >= 4 is 11.8 Å². The molecule has 15 heavy (non-hydrogen) atoms. The lowest BCUT2D eigenvalue weighted by Gasteiger charge is -2.31. The maximum Gasteiger partial charge on any atom is 0.246 e. The second-order valence-corrected chi connectivity index (χ2v) is 4.00. The van der Waals surface area contributed by atoms with Gasteiger partial charge >= 0.3 is 0 Å². The van der Waals surface area contributed by atoms with Crippen LogP contribution in [0.2, 0.25) is 0 Å². The maximum atomic E-state index is 11.9. The van der Waals surface area contributed by atoms with E-state index in [-0.39, 0.29) is 24.4 Å². The van der Waals surface area contributed by atoms with Crippen LogP contribution in [0.25, 0.3) is 0 Å². The number of rotatable bonds is 2. The molecule has 1 saturated heterocycles. The van der Waals surface area contributed by atoms with Crippen molar-refractivity contribution in [2.45, 2.75) is 25.8 Å². The molecule has 0 radical (unpaired) electrons. The van der Waals surface area contributed by atoms with Gasteiger partial charge in [-0.25, -0.2) is 0 Å². The highest BCUT2D eigenvalue weighted by atomic mass is 16.2. The van der Waals surface area contributed by atoms with Crippen LogP contribution < -0.4 is 5.32 Å². The van der Waals surface area contributed by atoms with Crippen LogP contribution >= 0.6 is 0 Å². The Kier molecular flexibility index (Phi) is 2.63. The summed E-state index contributed by atoms with van der Waals surface area (Å²) >= 11 is 0. The van der Waals surface area contributed by atoms with Crippen LogP contribution in [-0.4, -0.2) is 35.8 Å². The summed E-state index contributed by atoms with van der Waals surface area (Å²) in [6.07, 6.45) is 2.09. The molecular weight excluding hydrogens is 192 g/mol. The fraction of sp³-hybridized carbons (Fsp3) is 0.636. The molecule has 0 aromatic rings. The van der Waals surface area contributed by atoms with Gasteiger partial charge in [0.1, 0.15) is 12.6 Å². The van der Waals surface area contributed by atoms with E-state index in [1.165, 1.54) is 0 Å². The van der Waals surface area contributed by atoms with Crippen molar-refractivity contribution in [1.82, 2.24) is 10.2 Å². The van der Waals surface area contributed by atoms with Crippen LogP contribution in [0.1, 0.15) is 19.8 Å². The summed E-state index contributed by atoms with van der Waals surface area (Å²) in [5, 5.41) is 2.76. The number of hydrogen-bond donors (Lipinski definition) is 1. The highest BCUT2D eigenvalue weighted by molar-refractivity contribution is 5.95. The zero-order valence-corrected chi connectivity index (χ0v) is 8.75. The zero-order chi connectivity index (χ0) is 10.8. The molecule has 4 nitrogen and oxygen atoms in total. The lowest BCUT2D eigenvalue weighted by atomic mass is 10.1. The Morgan fingerprint density at radius 1 is 1.47 bits per heavy atom. The Balaban J connectivity index is 2.05. The van der Waals surface area contributed by atoms with E-state index in [1.807, 2.05) is 0 Å². The lowest BCUT2D eigenvalue weighted by molar-refractivity contribution is -0.144. The van der Waals surface area contributed by atoms with E-state index in [1.54, 1.807) is 11.8 Å². The monoisotopic (exact) mass is 206 g/mol. The zero-order valence-electron chi connectivity index (χ0n) is 8.75. The largest absolute Gasteiger partial charge is 0.342 e. The molecule has 1 unspecified atom stereocenters. The summed E-state index contributed by atoms with van der Waals surface area (Å²) < 4.78 is 0. The van der Waals surface area contributed by atoms with E-state index in [9.17, 15) is 9.59 Å². The molecule has 2 rings (SSSR count). The third-order valence-electron chi connectivity index (χ3n) is 2.77. The normalized spacial score (nSPS) is 25.7. The van der Waals surface area contributed by atoms with Gasteiger partial charge in [0.05, 0.1) is 6.54 Å². The molecule has 0 spiro atoms. The molecule has 80 valence electrons. The van der Waals surface area contributed by atoms with Crippen LogP contribution in [0.3, 0.4) is 0 Å². The van der Waals surface area contributed by atoms with Crippen molar-refractivity contribution in [3.63, 3.8) is 0 Å². The molecule has 1 aliphatic heterocycles. The van der Waals surface area contributed by atoms with Gasteiger partial charge < -0.3 is 10.2 Å². The summed E-state index contributed by atoms with van der Waals surface area (Å²) in [6, 6.07) is -0.287. The third-order valence-corrected chi connectivity index (χ3v) is 2.77. The van der Waals surface area contributed by atoms with Gasteiger partial charge in [0, 0.05) is 0 Å².